The molecule has 5 nitrogen and oxygen atoms in total. The van der Waals surface area contributed by atoms with Crippen LogP contribution in [0.2, 0.25) is 5.02 Å². The number of hydrogen-bond donors (Lipinski definition) is 2. The molecule has 2 aliphatic heterocycles. The van der Waals surface area contributed by atoms with Crippen molar-refractivity contribution in [3.63, 3.8) is 0 Å². The van der Waals surface area contributed by atoms with E-state index < -0.39 is 0 Å². The maximum absolute atomic E-state index is 6.08. The Balaban J connectivity index is 1.67. The molecular formula is C21H28ClN5. The highest BCUT2D eigenvalue weighted by Crippen LogP contribution is 2.29. The smallest absolute Gasteiger partial charge is 0.135 e. The Labute approximate surface area is 166 Å². The molecule has 2 fully saturated rings. The summed E-state index contributed by atoms with van der Waals surface area (Å²) in [5.74, 6) is 2.42. The lowest BCUT2D eigenvalue weighted by atomic mass is 9.98. The molecule has 2 saturated heterocycles. The Morgan fingerprint density at radius 1 is 1.11 bits per heavy atom. The molecule has 1 aromatic carbocycles. The molecular weight excluding hydrogens is 358 g/mol. The molecule has 1 aromatic heterocycles. The van der Waals surface area contributed by atoms with Crippen LogP contribution in [0.4, 0.5) is 5.82 Å². The Morgan fingerprint density at radius 2 is 1.89 bits per heavy atom. The van der Waals surface area contributed by atoms with E-state index in [0.29, 0.717) is 12.0 Å². The van der Waals surface area contributed by atoms with Crippen LogP contribution in [0.3, 0.4) is 0 Å². The van der Waals surface area contributed by atoms with Crippen LogP contribution in [-0.4, -0.2) is 49.2 Å². The van der Waals surface area contributed by atoms with Crippen LogP contribution in [0.5, 0.6) is 0 Å². The Morgan fingerprint density at radius 3 is 2.56 bits per heavy atom. The second kappa shape index (κ2) is 8.55. The van der Waals surface area contributed by atoms with E-state index in [4.69, 9.17) is 21.6 Å². The molecule has 144 valence electrons. The van der Waals surface area contributed by atoms with E-state index in [1.165, 1.54) is 6.42 Å². The van der Waals surface area contributed by atoms with Crippen LogP contribution in [0.25, 0.3) is 11.3 Å². The number of halogens is 1. The van der Waals surface area contributed by atoms with Crippen molar-refractivity contribution in [1.29, 1.82) is 0 Å². The highest BCUT2D eigenvalue weighted by atomic mass is 35.5. The van der Waals surface area contributed by atoms with Crippen molar-refractivity contribution < 1.29 is 0 Å². The van der Waals surface area contributed by atoms with Crippen molar-refractivity contribution in [2.24, 2.45) is 0 Å². The highest BCUT2D eigenvalue weighted by molar-refractivity contribution is 6.30. The molecule has 0 radical (unpaired) electrons. The van der Waals surface area contributed by atoms with Gasteiger partial charge in [-0.3, -0.25) is 0 Å². The molecule has 0 spiro atoms. The fourth-order valence-electron chi connectivity index (χ4n) is 4.04. The SMILES string of the molecule is CNC1CCN(c2cc(-c3ccc(Cl)cc3)nc(C3CCCNC3)n2)CC1. The molecule has 2 aliphatic rings. The molecule has 4 rings (SSSR count). The third-order valence-corrected chi connectivity index (χ3v) is 6.01. The topological polar surface area (TPSA) is 53.1 Å². The summed E-state index contributed by atoms with van der Waals surface area (Å²) >= 11 is 6.08. The van der Waals surface area contributed by atoms with E-state index in [0.717, 1.165) is 73.4 Å². The number of hydrogen-bond acceptors (Lipinski definition) is 5. The molecule has 0 bridgehead atoms. The Hall–Kier alpha value is -1.69. The van der Waals surface area contributed by atoms with Gasteiger partial charge in [-0.25, -0.2) is 9.97 Å². The maximum Gasteiger partial charge on any atom is 0.135 e. The third-order valence-electron chi connectivity index (χ3n) is 5.76. The van der Waals surface area contributed by atoms with Crippen LogP contribution in [0.1, 0.15) is 37.4 Å². The molecule has 1 unspecified atom stereocenters. The predicted octanol–water partition coefficient (Wildman–Crippen LogP) is 3.45. The zero-order chi connectivity index (χ0) is 18.6. The standard InChI is InChI=1S/C21H28ClN5/c1-23-18-8-11-27(12-9-18)20-13-19(15-4-6-17(22)7-5-15)25-21(26-20)16-3-2-10-24-14-16/h4-7,13,16,18,23-24H,2-3,8-12,14H2,1H3. The zero-order valence-corrected chi connectivity index (χ0v) is 16.7. The summed E-state index contributed by atoms with van der Waals surface area (Å²) in [5.41, 5.74) is 2.09. The molecule has 6 heteroatoms. The molecule has 0 saturated carbocycles. The lowest BCUT2D eigenvalue weighted by Gasteiger charge is -2.33. The quantitative estimate of drug-likeness (QED) is 0.844. The van der Waals surface area contributed by atoms with Gasteiger partial charge in [-0.15, -0.1) is 0 Å². The monoisotopic (exact) mass is 385 g/mol. The van der Waals surface area contributed by atoms with Gasteiger partial charge in [0.25, 0.3) is 0 Å². The van der Waals surface area contributed by atoms with Crippen LogP contribution in [0.15, 0.2) is 30.3 Å². The Kier molecular flexibility index (Phi) is 5.91. The van der Waals surface area contributed by atoms with Crippen LogP contribution in [-0.2, 0) is 0 Å². The summed E-state index contributed by atoms with van der Waals surface area (Å²) in [7, 11) is 2.05. The van der Waals surface area contributed by atoms with Gasteiger partial charge in [0.15, 0.2) is 0 Å². The van der Waals surface area contributed by atoms with E-state index in [9.17, 15) is 0 Å². The van der Waals surface area contributed by atoms with Gasteiger partial charge >= 0.3 is 0 Å². The second-order valence-electron chi connectivity index (χ2n) is 7.57. The van der Waals surface area contributed by atoms with E-state index in [1.54, 1.807) is 0 Å². The summed E-state index contributed by atoms with van der Waals surface area (Å²) in [5, 5.41) is 7.64. The highest BCUT2D eigenvalue weighted by Gasteiger charge is 2.23. The molecule has 1 atom stereocenters. The molecule has 2 aromatic rings. The van der Waals surface area contributed by atoms with Gasteiger partial charge in [0.2, 0.25) is 0 Å². The molecule has 0 amide bonds. The Bertz CT molecular complexity index is 750. The van der Waals surface area contributed by atoms with Crippen molar-refractivity contribution in [2.75, 3.05) is 38.1 Å². The molecule has 0 aliphatic carbocycles. The van der Waals surface area contributed by atoms with Crippen LogP contribution >= 0.6 is 11.6 Å². The first-order valence-corrected chi connectivity index (χ1v) is 10.4. The summed E-state index contributed by atoms with van der Waals surface area (Å²) in [4.78, 5) is 12.4. The fraction of sp³-hybridized carbons (Fsp3) is 0.524. The first-order chi connectivity index (χ1) is 13.2. The third kappa shape index (κ3) is 4.42. The van der Waals surface area contributed by atoms with Crippen LogP contribution < -0.4 is 15.5 Å². The summed E-state index contributed by atoms with van der Waals surface area (Å²) in [6.45, 7) is 4.12. The van der Waals surface area contributed by atoms with E-state index in [-0.39, 0.29) is 0 Å². The molecule has 27 heavy (non-hydrogen) atoms. The number of rotatable bonds is 4. The summed E-state index contributed by atoms with van der Waals surface area (Å²) in [6, 6.07) is 10.7. The lowest BCUT2D eigenvalue weighted by molar-refractivity contribution is 0.435. The first-order valence-electron chi connectivity index (χ1n) is 10.0. The summed E-state index contributed by atoms with van der Waals surface area (Å²) in [6.07, 6.45) is 4.63. The van der Waals surface area contributed by atoms with Crippen molar-refractivity contribution in [3.05, 3.63) is 41.2 Å². The minimum atomic E-state index is 0.389. The largest absolute Gasteiger partial charge is 0.356 e. The number of aromatic nitrogens is 2. The predicted molar refractivity (Wildman–Crippen MR) is 112 cm³/mol. The van der Waals surface area contributed by atoms with Gasteiger partial charge in [-0.1, -0.05) is 23.7 Å². The van der Waals surface area contributed by atoms with Crippen molar-refractivity contribution in [3.8, 4) is 11.3 Å². The van der Waals surface area contributed by atoms with Crippen molar-refractivity contribution in [1.82, 2.24) is 20.6 Å². The van der Waals surface area contributed by atoms with Gasteiger partial charge in [0, 0.05) is 48.2 Å². The lowest BCUT2D eigenvalue weighted by Crippen LogP contribution is -2.41. The van der Waals surface area contributed by atoms with E-state index >= 15 is 0 Å². The van der Waals surface area contributed by atoms with Gasteiger partial charge in [0.1, 0.15) is 11.6 Å². The average molecular weight is 386 g/mol. The minimum absolute atomic E-state index is 0.389. The maximum atomic E-state index is 6.08. The second-order valence-corrected chi connectivity index (χ2v) is 8.01. The minimum Gasteiger partial charge on any atom is -0.356 e. The average Bonchev–Trinajstić information content (AvgIpc) is 2.74. The molecule has 3 heterocycles. The van der Waals surface area contributed by atoms with E-state index in [2.05, 4.69) is 28.6 Å². The van der Waals surface area contributed by atoms with Crippen LogP contribution in [0, 0.1) is 0 Å². The van der Waals surface area contributed by atoms with Crippen molar-refractivity contribution >= 4 is 17.4 Å². The normalized spacial score (nSPS) is 21.4. The number of piperidine rings is 2. The fourth-order valence-corrected chi connectivity index (χ4v) is 4.16. The van der Waals surface area contributed by atoms with E-state index in [1.807, 2.05) is 24.3 Å². The first kappa shape index (κ1) is 18.7. The van der Waals surface area contributed by atoms with Gasteiger partial charge in [0.05, 0.1) is 5.69 Å². The van der Waals surface area contributed by atoms with Gasteiger partial charge in [-0.2, -0.15) is 0 Å². The molecule has 2 N–H and O–H groups in total. The van der Waals surface area contributed by atoms with Gasteiger partial charge in [-0.05, 0) is 51.4 Å². The number of benzene rings is 1. The van der Waals surface area contributed by atoms with Crippen molar-refractivity contribution in [2.45, 2.75) is 37.6 Å². The van der Waals surface area contributed by atoms with Gasteiger partial charge < -0.3 is 15.5 Å². The zero-order valence-electron chi connectivity index (χ0n) is 15.9. The summed E-state index contributed by atoms with van der Waals surface area (Å²) < 4.78 is 0. The number of anilines is 1. The number of nitrogens with one attached hydrogen (secondary N) is 2. The number of nitrogens with zero attached hydrogens (tertiary/aromatic N) is 3.